The summed E-state index contributed by atoms with van der Waals surface area (Å²) < 4.78 is 48.4. The number of aliphatic hydroxyl groups is 1. The van der Waals surface area contributed by atoms with Gasteiger partial charge < -0.3 is 19.3 Å². The van der Waals surface area contributed by atoms with Crippen LogP contribution in [0, 0.1) is 5.82 Å². The van der Waals surface area contributed by atoms with Crippen LogP contribution in [0.3, 0.4) is 0 Å². The lowest BCUT2D eigenvalue weighted by atomic mass is 10.0. The Bertz CT molecular complexity index is 1640. The molecule has 2 unspecified atom stereocenters. The van der Waals surface area contributed by atoms with Crippen LogP contribution in [0.1, 0.15) is 41.5 Å². The monoisotopic (exact) mass is 563 g/mol. The molecule has 0 spiro atoms. The Morgan fingerprint density at radius 1 is 1.07 bits per heavy atom. The Kier molecular flexibility index (Phi) is 6.91. The van der Waals surface area contributed by atoms with Crippen LogP contribution in [0.15, 0.2) is 76.5 Å². The maximum atomic E-state index is 14.8. The highest BCUT2D eigenvalue weighted by molar-refractivity contribution is 7.89. The lowest BCUT2D eigenvalue weighted by Gasteiger charge is -2.34. The molecule has 0 bridgehead atoms. The molecule has 0 saturated carbocycles. The average molecular weight is 564 g/mol. The van der Waals surface area contributed by atoms with Gasteiger partial charge in [-0.2, -0.15) is 4.31 Å². The smallest absolute Gasteiger partial charge is 0.244 e. The molecule has 2 atom stereocenters. The zero-order valence-corrected chi connectivity index (χ0v) is 23.1. The molecule has 6 rings (SSSR count). The van der Waals surface area contributed by atoms with Crippen LogP contribution in [0.5, 0.6) is 0 Å². The summed E-state index contributed by atoms with van der Waals surface area (Å²) >= 11 is 0. The minimum atomic E-state index is -4.03. The highest BCUT2D eigenvalue weighted by atomic mass is 32.2. The van der Waals surface area contributed by atoms with E-state index in [-0.39, 0.29) is 22.9 Å². The predicted octanol–water partition coefficient (Wildman–Crippen LogP) is 3.97. The summed E-state index contributed by atoms with van der Waals surface area (Å²) in [6, 6.07) is 12.8. The van der Waals surface area contributed by atoms with Crippen molar-refractivity contribution in [1.29, 1.82) is 0 Å². The Morgan fingerprint density at radius 2 is 1.88 bits per heavy atom. The first kappa shape index (κ1) is 26.6. The van der Waals surface area contributed by atoms with E-state index in [9.17, 15) is 17.9 Å². The molecule has 4 heterocycles. The quantitative estimate of drug-likeness (QED) is 0.376. The molecule has 11 heteroatoms. The van der Waals surface area contributed by atoms with Crippen LogP contribution >= 0.6 is 0 Å². The molecule has 2 aliphatic heterocycles. The standard InChI is InChI=1S/C29H30FN5O4S/c1-19-25-17-32-27(28(36)20-4-3-5-22(14-20)34-11-9-33(2)10-12-34)15-21(25)18-35(19)40(37,38)23-6-7-24(26(30)16-23)29-31-8-13-39-29/h3-8,13-17,19,28,36H,9-12,18H2,1-2H3. The van der Waals surface area contributed by atoms with Crippen molar-refractivity contribution in [3.63, 3.8) is 0 Å². The molecule has 0 aliphatic carbocycles. The summed E-state index contributed by atoms with van der Waals surface area (Å²) in [7, 11) is -1.92. The molecule has 2 aromatic carbocycles. The number of sulfonamides is 1. The highest BCUT2D eigenvalue weighted by Crippen LogP contribution is 2.39. The second-order valence-electron chi connectivity index (χ2n) is 10.3. The SMILES string of the molecule is CC1c2cnc(C(O)c3cccc(N4CCN(C)CC4)c3)cc2CN1S(=O)(=O)c1ccc(-c2ncco2)c(F)c1. The molecule has 1 N–H and O–H groups in total. The fraction of sp³-hybridized carbons (Fsp3) is 0.310. The van der Waals surface area contributed by atoms with E-state index in [2.05, 4.69) is 26.8 Å². The van der Waals surface area contributed by atoms with Crippen LogP contribution in [0.2, 0.25) is 0 Å². The van der Waals surface area contributed by atoms with Crippen molar-refractivity contribution in [3.8, 4) is 11.5 Å². The number of hydrogen-bond acceptors (Lipinski definition) is 8. The molecule has 208 valence electrons. The maximum Gasteiger partial charge on any atom is 0.244 e. The van der Waals surface area contributed by atoms with Gasteiger partial charge in [0.25, 0.3) is 0 Å². The molecular formula is C29H30FN5O4S. The van der Waals surface area contributed by atoms with Crippen LogP contribution < -0.4 is 4.90 Å². The number of piperazine rings is 1. The summed E-state index contributed by atoms with van der Waals surface area (Å²) in [4.78, 5) is 12.9. The second kappa shape index (κ2) is 10.4. The van der Waals surface area contributed by atoms with E-state index < -0.39 is 28.0 Å². The van der Waals surface area contributed by atoms with Crippen molar-refractivity contribution in [2.75, 3.05) is 38.1 Å². The molecule has 0 radical (unpaired) electrons. The molecule has 4 aromatic rings. The van der Waals surface area contributed by atoms with E-state index in [1.807, 2.05) is 24.3 Å². The van der Waals surface area contributed by atoms with Crippen molar-refractivity contribution in [2.45, 2.75) is 30.5 Å². The van der Waals surface area contributed by atoms with Gasteiger partial charge in [0.2, 0.25) is 15.9 Å². The van der Waals surface area contributed by atoms with Gasteiger partial charge in [0.1, 0.15) is 18.2 Å². The number of hydrogen-bond donors (Lipinski definition) is 1. The minimum absolute atomic E-state index is 0.0784. The van der Waals surface area contributed by atoms with Crippen LogP contribution in [0.25, 0.3) is 11.5 Å². The third kappa shape index (κ3) is 4.79. The number of benzene rings is 2. The Hall–Kier alpha value is -3.64. The largest absolute Gasteiger partial charge is 0.444 e. The summed E-state index contributed by atoms with van der Waals surface area (Å²) in [5.41, 5.74) is 3.82. The van der Waals surface area contributed by atoms with Gasteiger partial charge in [-0.25, -0.2) is 17.8 Å². The number of halogens is 1. The van der Waals surface area contributed by atoms with E-state index in [1.54, 1.807) is 19.2 Å². The summed E-state index contributed by atoms with van der Waals surface area (Å²) in [6.07, 6.45) is 3.39. The zero-order valence-electron chi connectivity index (χ0n) is 22.2. The molecule has 2 aromatic heterocycles. The van der Waals surface area contributed by atoms with E-state index >= 15 is 0 Å². The van der Waals surface area contributed by atoms with Crippen LogP contribution in [0.4, 0.5) is 10.1 Å². The number of nitrogens with zero attached hydrogens (tertiary/aromatic N) is 5. The number of oxazole rings is 1. The molecule has 1 fully saturated rings. The van der Waals surface area contributed by atoms with Gasteiger partial charge in [0.05, 0.1) is 22.3 Å². The highest BCUT2D eigenvalue weighted by Gasteiger charge is 2.37. The fourth-order valence-electron chi connectivity index (χ4n) is 5.39. The number of anilines is 1. The van der Waals surface area contributed by atoms with Gasteiger partial charge in [0, 0.05) is 50.6 Å². The van der Waals surface area contributed by atoms with Crippen molar-refractivity contribution in [1.82, 2.24) is 19.2 Å². The number of fused-ring (bicyclic) bond motifs is 1. The molecule has 0 amide bonds. The van der Waals surface area contributed by atoms with E-state index in [1.165, 1.54) is 28.9 Å². The molecule has 40 heavy (non-hydrogen) atoms. The van der Waals surface area contributed by atoms with Gasteiger partial charge in [-0.15, -0.1) is 0 Å². The summed E-state index contributed by atoms with van der Waals surface area (Å²) in [5.74, 6) is -0.659. The topological polar surface area (TPSA) is 103 Å². The summed E-state index contributed by atoms with van der Waals surface area (Å²) in [6.45, 7) is 5.66. The zero-order chi connectivity index (χ0) is 28.0. The lowest BCUT2D eigenvalue weighted by molar-refractivity contribution is 0.215. The number of pyridine rings is 1. The molecule has 9 nitrogen and oxygen atoms in total. The lowest BCUT2D eigenvalue weighted by Crippen LogP contribution is -2.44. The second-order valence-corrected chi connectivity index (χ2v) is 12.2. The third-order valence-electron chi connectivity index (χ3n) is 7.80. The minimum Gasteiger partial charge on any atom is -0.444 e. The normalized spacial score (nSPS) is 19.1. The number of aromatic nitrogens is 2. The van der Waals surface area contributed by atoms with Crippen LogP contribution in [-0.4, -0.2) is 65.9 Å². The van der Waals surface area contributed by atoms with E-state index in [4.69, 9.17) is 4.42 Å². The number of rotatable bonds is 6. The Balaban J connectivity index is 1.23. The first-order valence-electron chi connectivity index (χ1n) is 13.1. The number of likely N-dealkylation sites (N-methyl/N-ethyl adjacent to an activating group) is 1. The van der Waals surface area contributed by atoms with E-state index in [0.717, 1.165) is 54.6 Å². The molecule has 1 saturated heterocycles. The van der Waals surface area contributed by atoms with Gasteiger partial charge in [0.15, 0.2) is 0 Å². The maximum absolute atomic E-state index is 14.8. The van der Waals surface area contributed by atoms with Crippen molar-refractivity contribution < 1.29 is 22.3 Å². The van der Waals surface area contributed by atoms with E-state index in [0.29, 0.717) is 5.69 Å². The van der Waals surface area contributed by atoms with Gasteiger partial charge >= 0.3 is 0 Å². The van der Waals surface area contributed by atoms with Crippen molar-refractivity contribution in [3.05, 3.63) is 95.4 Å². The van der Waals surface area contributed by atoms with Crippen LogP contribution in [-0.2, 0) is 16.6 Å². The summed E-state index contributed by atoms with van der Waals surface area (Å²) in [5, 5.41) is 11.2. The third-order valence-corrected chi connectivity index (χ3v) is 9.71. The van der Waals surface area contributed by atoms with Gasteiger partial charge in [-0.1, -0.05) is 12.1 Å². The predicted molar refractivity (Wildman–Crippen MR) is 147 cm³/mol. The number of aliphatic hydroxyl groups excluding tert-OH is 1. The molecular weight excluding hydrogens is 533 g/mol. The Labute approximate surface area is 232 Å². The van der Waals surface area contributed by atoms with Crippen molar-refractivity contribution >= 4 is 15.7 Å². The molecule has 2 aliphatic rings. The first-order chi connectivity index (χ1) is 19.2. The van der Waals surface area contributed by atoms with Gasteiger partial charge in [-0.05, 0) is 67.1 Å². The average Bonchev–Trinajstić information content (AvgIpc) is 3.61. The van der Waals surface area contributed by atoms with Crippen molar-refractivity contribution in [2.24, 2.45) is 0 Å². The first-order valence-corrected chi connectivity index (χ1v) is 14.6. The van der Waals surface area contributed by atoms with Gasteiger partial charge in [-0.3, -0.25) is 4.98 Å². The Morgan fingerprint density at radius 3 is 2.60 bits per heavy atom. The fourth-order valence-corrected chi connectivity index (χ4v) is 6.99.